The molecule has 0 bridgehead atoms. The highest BCUT2D eigenvalue weighted by Crippen LogP contribution is 2.39. The van der Waals surface area contributed by atoms with Crippen LogP contribution in [0.2, 0.25) is 0 Å². The van der Waals surface area contributed by atoms with Gasteiger partial charge in [-0.3, -0.25) is 9.36 Å². The zero-order valence-electron chi connectivity index (χ0n) is 16.2. The van der Waals surface area contributed by atoms with Gasteiger partial charge in [0.15, 0.2) is 10.8 Å². The third kappa shape index (κ3) is 3.72. The second kappa shape index (κ2) is 7.99. The molecule has 1 aliphatic rings. The number of carbonyl (C=O) groups is 1. The Morgan fingerprint density at radius 3 is 2.55 bits per heavy atom. The molecule has 156 valence electrons. The van der Waals surface area contributed by atoms with E-state index in [9.17, 15) is 13.6 Å². The molecule has 0 radical (unpaired) electrons. The summed E-state index contributed by atoms with van der Waals surface area (Å²) in [7, 11) is 0. The fourth-order valence-electron chi connectivity index (χ4n) is 3.72. The SMILES string of the molecule is O=C(NC1CC(c2nnc(-c3nccs3)n2-c2ccccc2F)C1)c1ccc(F)cc1. The molecule has 1 amide bonds. The molecule has 0 saturated heterocycles. The summed E-state index contributed by atoms with van der Waals surface area (Å²) in [6.45, 7) is 0. The lowest BCUT2D eigenvalue weighted by Gasteiger charge is -2.35. The largest absolute Gasteiger partial charge is 0.349 e. The Bertz CT molecular complexity index is 1220. The van der Waals surface area contributed by atoms with Crippen LogP contribution in [0.4, 0.5) is 8.78 Å². The topological polar surface area (TPSA) is 72.7 Å². The van der Waals surface area contributed by atoms with E-state index in [4.69, 9.17) is 0 Å². The number of carbonyl (C=O) groups excluding carboxylic acids is 1. The van der Waals surface area contributed by atoms with E-state index in [1.54, 1.807) is 29.0 Å². The standard InChI is InChI=1S/C22H17F2N5OS/c23-15-7-5-13(6-8-15)21(30)26-16-11-14(12-16)19-27-28-20(22-25-9-10-31-22)29(19)18-4-2-1-3-17(18)24/h1-10,14,16H,11-12H2,(H,26,30). The van der Waals surface area contributed by atoms with Crippen LogP contribution in [0.5, 0.6) is 0 Å². The summed E-state index contributed by atoms with van der Waals surface area (Å²) in [5, 5.41) is 14.1. The number of thiazole rings is 1. The van der Waals surface area contributed by atoms with Crippen molar-refractivity contribution in [3.05, 3.63) is 83.1 Å². The Kier molecular flexibility index (Phi) is 5.03. The number of benzene rings is 2. The monoisotopic (exact) mass is 437 g/mol. The molecule has 5 rings (SSSR count). The molecule has 6 nitrogen and oxygen atoms in total. The number of hydrogen-bond acceptors (Lipinski definition) is 5. The van der Waals surface area contributed by atoms with Crippen LogP contribution >= 0.6 is 11.3 Å². The van der Waals surface area contributed by atoms with E-state index >= 15 is 0 Å². The van der Waals surface area contributed by atoms with Gasteiger partial charge in [-0.05, 0) is 49.2 Å². The number of hydrogen-bond donors (Lipinski definition) is 1. The van der Waals surface area contributed by atoms with Crippen molar-refractivity contribution in [2.75, 3.05) is 0 Å². The predicted octanol–water partition coefficient (Wildman–Crippen LogP) is 4.35. The molecule has 1 aliphatic carbocycles. The highest BCUT2D eigenvalue weighted by atomic mass is 32.1. The molecular formula is C22H17F2N5OS. The molecule has 0 spiro atoms. The highest BCUT2D eigenvalue weighted by Gasteiger charge is 2.36. The van der Waals surface area contributed by atoms with Gasteiger partial charge in [-0.15, -0.1) is 21.5 Å². The molecule has 1 N–H and O–H groups in total. The summed E-state index contributed by atoms with van der Waals surface area (Å²) < 4.78 is 29.4. The normalized spacial score (nSPS) is 17.9. The Labute approximate surface area is 180 Å². The van der Waals surface area contributed by atoms with Gasteiger partial charge >= 0.3 is 0 Å². The second-order valence-electron chi connectivity index (χ2n) is 7.35. The molecule has 1 fully saturated rings. The lowest BCUT2D eigenvalue weighted by molar-refractivity contribution is 0.0907. The van der Waals surface area contributed by atoms with E-state index in [-0.39, 0.29) is 29.5 Å². The van der Waals surface area contributed by atoms with E-state index in [0.29, 0.717) is 40.7 Å². The lowest BCUT2D eigenvalue weighted by Crippen LogP contribution is -2.44. The van der Waals surface area contributed by atoms with Gasteiger partial charge in [0.2, 0.25) is 0 Å². The molecular weight excluding hydrogens is 420 g/mol. The summed E-state index contributed by atoms with van der Waals surface area (Å²) in [5.41, 5.74) is 0.775. The van der Waals surface area contributed by atoms with E-state index < -0.39 is 0 Å². The number of amides is 1. The number of rotatable bonds is 5. The van der Waals surface area contributed by atoms with Gasteiger partial charge in [0, 0.05) is 29.1 Å². The predicted molar refractivity (Wildman–Crippen MR) is 112 cm³/mol. The van der Waals surface area contributed by atoms with E-state index in [2.05, 4.69) is 20.5 Å². The van der Waals surface area contributed by atoms with Crippen LogP contribution in [0.1, 0.15) is 34.9 Å². The summed E-state index contributed by atoms with van der Waals surface area (Å²) >= 11 is 1.41. The van der Waals surface area contributed by atoms with Gasteiger partial charge in [-0.2, -0.15) is 0 Å². The summed E-state index contributed by atoms with van der Waals surface area (Å²) in [5.74, 6) is 0.143. The van der Waals surface area contributed by atoms with Crippen LogP contribution in [0.15, 0.2) is 60.1 Å². The fourth-order valence-corrected chi connectivity index (χ4v) is 4.33. The first kappa shape index (κ1) is 19.5. The average molecular weight is 437 g/mol. The lowest BCUT2D eigenvalue weighted by atomic mass is 9.79. The zero-order valence-corrected chi connectivity index (χ0v) is 17.0. The van der Waals surface area contributed by atoms with Gasteiger partial charge in [0.25, 0.3) is 5.91 Å². The minimum absolute atomic E-state index is 0.0133. The van der Waals surface area contributed by atoms with E-state index in [1.807, 2.05) is 5.38 Å². The second-order valence-corrected chi connectivity index (χ2v) is 8.25. The van der Waals surface area contributed by atoms with E-state index in [0.717, 1.165) is 0 Å². The summed E-state index contributed by atoms with van der Waals surface area (Å²) in [6.07, 6.45) is 2.97. The minimum atomic E-state index is -0.385. The Morgan fingerprint density at radius 2 is 1.84 bits per heavy atom. The van der Waals surface area contributed by atoms with Crippen molar-refractivity contribution >= 4 is 17.2 Å². The first-order valence-corrected chi connectivity index (χ1v) is 10.6. The first-order chi connectivity index (χ1) is 15.1. The maximum Gasteiger partial charge on any atom is 0.251 e. The molecule has 0 aliphatic heterocycles. The average Bonchev–Trinajstić information content (AvgIpc) is 3.41. The van der Waals surface area contributed by atoms with Crippen molar-refractivity contribution in [1.29, 1.82) is 0 Å². The van der Waals surface area contributed by atoms with Crippen LogP contribution in [-0.2, 0) is 0 Å². The smallest absolute Gasteiger partial charge is 0.251 e. The van der Waals surface area contributed by atoms with Gasteiger partial charge in [-0.1, -0.05) is 12.1 Å². The number of para-hydroxylation sites is 1. The van der Waals surface area contributed by atoms with E-state index in [1.165, 1.54) is 41.7 Å². The quantitative estimate of drug-likeness (QED) is 0.504. The van der Waals surface area contributed by atoms with Gasteiger partial charge in [-0.25, -0.2) is 13.8 Å². The third-order valence-electron chi connectivity index (χ3n) is 5.35. The number of aromatic nitrogens is 4. The minimum Gasteiger partial charge on any atom is -0.349 e. The van der Waals surface area contributed by atoms with Gasteiger partial charge in [0.05, 0.1) is 5.69 Å². The maximum atomic E-state index is 14.6. The van der Waals surface area contributed by atoms with Crippen LogP contribution in [0.3, 0.4) is 0 Å². The van der Waals surface area contributed by atoms with Crippen LogP contribution in [-0.4, -0.2) is 31.7 Å². The zero-order chi connectivity index (χ0) is 21.4. The number of halogens is 2. The van der Waals surface area contributed by atoms with Gasteiger partial charge in [0.1, 0.15) is 17.5 Å². The number of nitrogens with one attached hydrogen (secondary N) is 1. The highest BCUT2D eigenvalue weighted by molar-refractivity contribution is 7.13. The summed E-state index contributed by atoms with van der Waals surface area (Å²) in [4.78, 5) is 16.7. The number of nitrogens with zero attached hydrogens (tertiary/aromatic N) is 4. The van der Waals surface area contributed by atoms with Gasteiger partial charge < -0.3 is 5.32 Å². The molecule has 31 heavy (non-hydrogen) atoms. The Morgan fingerprint density at radius 1 is 1.06 bits per heavy atom. The Hall–Kier alpha value is -3.46. The molecule has 2 aromatic heterocycles. The maximum absolute atomic E-state index is 14.6. The summed E-state index contributed by atoms with van der Waals surface area (Å²) in [6, 6.07) is 11.9. The van der Waals surface area contributed by atoms with Crippen LogP contribution in [0, 0.1) is 11.6 Å². The van der Waals surface area contributed by atoms with Crippen molar-refractivity contribution in [2.45, 2.75) is 24.8 Å². The molecule has 1 saturated carbocycles. The Balaban J connectivity index is 1.38. The third-order valence-corrected chi connectivity index (χ3v) is 6.12. The molecule has 0 atom stereocenters. The molecule has 2 heterocycles. The fraction of sp³-hybridized carbons (Fsp3) is 0.182. The molecule has 4 aromatic rings. The van der Waals surface area contributed by atoms with Crippen molar-refractivity contribution in [3.63, 3.8) is 0 Å². The van der Waals surface area contributed by atoms with Crippen molar-refractivity contribution in [3.8, 4) is 16.5 Å². The van der Waals surface area contributed by atoms with Crippen molar-refractivity contribution in [2.24, 2.45) is 0 Å². The van der Waals surface area contributed by atoms with Crippen molar-refractivity contribution < 1.29 is 13.6 Å². The molecule has 0 unspecified atom stereocenters. The van der Waals surface area contributed by atoms with Crippen LogP contribution < -0.4 is 5.32 Å². The molecule has 2 aromatic carbocycles. The van der Waals surface area contributed by atoms with Crippen molar-refractivity contribution in [1.82, 2.24) is 25.1 Å². The van der Waals surface area contributed by atoms with Crippen LogP contribution in [0.25, 0.3) is 16.5 Å². The molecule has 9 heteroatoms. The first-order valence-electron chi connectivity index (χ1n) is 9.76.